The van der Waals surface area contributed by atoms with Crippen LogP contribution in [0.15, 0.2) is 42.9 Å². The molecule has 1 fully saturated rings. The molecule has 0 bridgehead atoms. The fourth-order valence-electron chi connectivity index (χ4n) is 3.26. The molecule has 0 saturated carbocycles. The second kappa shape index (κ2) is 9.63. The van der Waals surface area contributed by atoms with Crippen molar-refractivity contribution in [2.75, 3.05) is 44.7 Å². The molecule has 3 aromatic rings. The van der Waals surface area contributed by atoms with E-state index in [1.165, 1.54) is 0 Å². The summed E-state index contributed by atoms with van der Waals surface area (Å²) in [7, 11) is 1.75. The largest absolute Gasteiger partial charge is 0.379 e. The van der Waals surface area contributed by atoms with Crippen molar-refractivity contribution < 1.29 is 13.9 Å². The molecular formula is C21H24FN7O2. The highest BCUT2D eigenvalue weighted by atomic mass is 19.1. The lowest BCUT2D eigenvalue weighted by Crippen LogP contribution is -2.41. The minimum Gasteiger partial charge on any atom is -0.379 e. The van der Waals surface area contributed by atoms with E-state index >= 15 is 0 Å². The van der Waals surface area contributed by atoms with Gasteiger partial charge in [-0.2, -0.15) is 5.10 Å². The van der Waals surface area contributed by atoms with Crippen LogP contribution in [0.5, 0.6) is 0 Å². The SMILES string of the molecule is Cn1cc(-c2nc(Nc3ccc(C(=O)NCCN4CCOCC4)cc3)ncc2F)cn1. The molecule has 0 atom stereocenters. The Bertz CT molecular complexity index is 1030. The minimum atomic E-state index is -0.525. The maximum atomic E-state index is 14.1. The summed E-state index contributed by atoms with van der Waals surface area (Å²) >= 11 is 0. The topological polar surface area (TPSA) is 97.2 Å². The highest BCUT2D eigenvalue weighted by Crippen LogP contribution is 2.22. The van der Waals surface area contributed by atoms with Gasteiger partial charge in [-0.05, 0) is 24.3 Å². The Hall–Kier alpha value is -3.37. The summed E-state index contributed by atoms with van der Waals surface area (Å²) in [4.78, 5) is 22.9. The molecule has 31 heavy (non-hydrogen) atoms. The van der Waals surface area contributed by atoms with Gasteiger partial charge in [-0.1, -0.05) is 0 Å². The van der Waals surface area contributed by atoms with Gasteiger partial charge in [-0.25, -0.2) is 14.4 Å². The molecule has 1 aromatic carbocycles. The number of nitrogens with one attached hydrogen (secondary N) is 2. The van der Waals surface area contributed by atoms with Crippen molar-refractivity contribution in [3.63, 3.8) is 0 Å². The van der Waals surface area contributed by atoms with E-state index in [9.17, 15) is 9.18 Å². The molecule has 10 heteroatoms. The first kappa shape index (κ1) is 20.9. The number of rotatable bonds is 7. The molecule has 0 aliphatic carbocycles. The third-order valence-electron chi connectivity index (χ3n) is 4.94. The molecule has 1 aliphatic rings. The van der Waals surface area contributed by atoms with Gasteiger partial charge in [0.25, 0.3) is 5.91 Å². The van der Waals surface area contributed by atoms with Crippen LogP contribution in [-0.2, 0) is 11.8 Å². The normalized spacial score (nSPS) is 14.4. The lowest BCUT2D eigenvalue weighted by molar-refractivity contribution is 0.0383. The number of benzene rings is 1. The Balaban J connectivity index is 1.34. The first-order chi connectivity index (χ1) is 15.1. The molecule has 1 saturated heterocycles. The molecule has 2 aromatic heterocycles. The summed E-state index contributed by atoms with van der Waals surface area (Å²) in [5, 5.41) is 10.0. The van der Waals surface area contributed by atoms with Crippen molar-refractivity contribution in [2.24, 2.45) is 7.05 Å². The number of carbonyl (C=O) groups is 1. The van der Waals surface area contributed by atoms with Gasteiger partial charge in [-0.3, -0.25) is 14.4 Å². The fraction of sp³-hybridized carbons (Fsp3) is 0.333. The molecule has 0 unspecified atom stereocenters. The molecule has 1 amide bonds. The maximum absolute atomic E-state index is 14.1. The Morgan fingerprint density at radius 2 is 1.97 bits per heavy atom. The first-order valence-corrected chi connectivity index (χ1v) is 10.1. The summed E-state index contributed by atoms with van der Waals surface area (Å²) < 4.78 is 21.0. The van der Waals surface area contributed by atoms with Crippen LogP contribution >= 0.6 is 0 Å². The summed E-state index contributed by atoms with van der Waals surface area (Å²) in [6, 6.07) is 6.95. The standard InChI is InChI=1S/C21H24FN7O2/c1-28-14-16(12-25-28)19-18(22)13-24-21(27-19)26-17-4-2-15(3-5-17)20(30)23-6-7-29-8-10-31-11-9-29/h2-5,12-14H,6-11H2,1H3,(H,23,30)(H,24,26,27). The van der Waals surface area contributed by atoms with Gasteiger partial charge >= 0.3 is 0 Å². The van der Waals surface area contributed by atoms with Gasteiger partial charge < -0.3 is 15.4 Å². The van der Waals surface area contributed by atoms with E-state index in [1.54, 1.807) is 48.4 Å². The van der Waals surface area contributed by atoms with E-state index in [0.717, 1.165) is 39.0 Å². The van der Waals surface area contributed by atoms with Crippen LogP contribution in [0.4, 0.5) is 16.0 Å². The van der Waals surface area contributed by atoms with Gasteiger partial charge in [0, 0.05) is 56.2 Å². The molecule has 4 rings (SSSR count). The number of hydrogen-bond acceptors (Lipinski definition) is 7. The zero-order valence-corrected chi connectivity index (χ0v) is 17.2. The molecule has 0 radical (unpaired) electrons. The van der Waals surface area contributed by atoms with Crippen LogP contribution in [0.25, 0.3) is 11.3 Å². The smallest absolute Gasteiger partial charge is 0.251 e. The Kier molecular flexibility index (Phi) is 6.48. The quantitative estimate of drug-likeness (QED) is 0.596. The van der Waals surface area contributed by atoms with Crippen molar-refractivity contribution in [3.8, 4) is 11.3 Å². The Labute approximate surface area is 179 Å². The predicted molar refractivity (Wildman–Crippen MR) is 114 cm³/mol. The number of amides is 1. The van der Waals surface area contributed by atoms with Crippen molar-refractivity contribution in [1.82, 2.24) is 30.0 Å². The highest BCUT2D eigenvalue weighted by molar-refractivity contribution is 5.94. The van der Waals surface area contributed by atoms with Crippen LogP contribution in [0.1, 0.15) is 10.4 Å². The number of aryl methyl sites for hydroxylation is 1. The fourth-order valence-corrected chi connectivity index (χ4v) is 3.26. The lowest BCUT2D eigenvalue weighted by atomic mass is 10.2. The van der Waals surface area contributed by atoms with E-state index in [1.807, 2.05) is 0 Å². The van der Waals surface area contributed by atoms with E-state index in [0.29, 0.717) is 23.4 Å². The van der Waals surface area contributed by atoms with Crippen molar-refractivity contribution in [3.05, 3.63) is 54.2 Å². The Morgan fingerprint density at radius 3 is 2.68 bits per heavy atom. The first-order valence-electron chi connectivity index (χ1n) is 10.1. The number of hydrogen-bond donors (Lipinski definition) is 2. The number of morpholine rings is 1. The summed E-state index contributed by atoms with van der Waals surface area (Å²) in [6.45, 7) is 4.65. The van der Waals surface area contributed by atoms with Gasteiger partial charge in [0.2, 0.25) is 5.95 Å². The van der Waals surface area contributed by atoms with Crippen LogP contribution in [0.2, 0.25) is 0 Å². The van der Waals surface area contributed by atoms with E-state index in [2.05, 4.69) is 30.6 Å². The summed E-state index contributed by atoms with van der Waals surface area (Å²) in [6.07, 6.45) is 4.34. The molecule has 162 valence electrons. The highest BCUT2D eigenvalue weighted by Gasteiger charge is 2.13. The van der Waals surface area contributed by atoms with Crippen LogP contribution in [0.3, 0.4) is 0 Å². The second-order valence-electron chi connectivity index (χ2n) is 7.21. The third-order valence-corrected chi connectivity index (χ3v) is 4.94. The van der Waals surface area contributed by atoms with Gasteiger partial charge in [-0.15, -0.1) is 0 Å². The molecule has 2 N–H and O–H groups in total. The number of halogens is 1. The summed E-state index contributed by atoms with van der Waals surface area (Å²) in [5.41, 5.74) is 1.98. The average molecular weight is 425 g/mol. The van der Waals surface area contributed by atoms with Crippen molar-refractivity contribution in [2.45, 2.75) is 0 Å². The lowest BCUT2D eigenvalue weighted by Gasteiger charge is -2.26. The number of nitrogens with zero attached hydrogens (tertiary/aromatic N) is 5. The second-order valence-corrected chi connectivity index (χ2v) is 7.21. The molecular weight excluding hydrogens is 401 g/mol. The minimum absolute atomic E-state index is 0.128. The number of aromatic nitrogens is 4. The van der Waals surface area contributed by atoms with Crippen molar-refractivity contribution >= 4 is 17.5 Å². The predicted octanol–water partition coefficient (Wildman–Crippen LogP) is 1.82. The van der Waals surface area contributed by atoms with Gasteiger partial charge in [0.15, 0.2) is 5.82 Å². The van der Waals surface area contributed by atoms with E-state index < -0.39 is 5.82 Å². The molecule has 3 heterocycles. The van der Waals surface area contributed by atoms with Crippen LogP contribution < -0.4 is 10.6 Å². The monoisotopic (exact) mass is 425 g/mol. The molecule has 9 nitrogen and oxygen atoms in total. The van der Waals surface area contributed by atoms with Crippen LogP contribution in [-0.4, -0.2) is 69.9 Å². The molecule has 1 aliphatic heterocycles. The Morgan fingerprint density at radius 1 is 1.19 bits per heavy atom. The summed E-state index contributed by atoms with van der Waals surface area (Å²) in [5.74, 6) is -0.401. The number of carbonyl (C=O) groups excluding carboxylic acids is 1. The number of ether oxygens (including phenoxy) is 1. The zero-order valence-electron chi connectivity index (χ0n) is 17.2. The zero-order chi connectivity index (χ0) is 21.6. The van der Waals surface area contributed by atoms with Crippen molar-refractivity contribution in [1.29, 1.82) is 0 Å². The molecule has 0 spiro atoms. The third kappa shape index (κ3) is 5.41. The van der Waals surface area contributed by atoms with E-state index in [4.69, 9.17) is 4.74 Å². The average Bonchev–Trinajstić information content (AvgIpc) is 3.22. The van der Waals surface area contributed by atoms with Crippen LogP contribution in [0, 0.1) is 5.82 Å². The van der Waals surface area contributed by atoms with Gasteiger partial charge in [0.1, 0.15) is 5.69 Å². The maximum Gasteiger partial charge on any atom is 0.251 e. The van der Waals surface area contributed by atoms with Gasteiger partial charge in [0.05, 0.1) is 25.6 Å². The van der Waals surface area contributed by atoms with E-state index in [-0.39, 0.29) is 17.5 Å². The number of anilines is 2.